The second kappa shape index (κ2) is 8.95. The first-order valence-corrected chi connectivity index (χ1v) is 8.11. The molecule has 0 aromatic carbocycles. The molecule has 0 spiro atoms. The fourth-order valence-corrected chi connectivity index (χ4v) is 2.12. The van der Waals surface area contributed by atoms with Crippen LogP contribution in [0, 0.1) is 10.4 Å². The minimum Gasteiger partial charge on any atom is -0.744 e. The summed E-state index contributed by atoms with van der Waals surface area (Å²) in [6.07, 6.45) is 3.61. The van der Waals surface area contributed by atoms with Gasteiger partial charge in [0, 0.05) is 12.1 Å². The Morgan fingerprint density at radius 2 is 1.04 bits per heavy atom. The van der Waals surface area contributed by atoms with E-state index in [0.29, 0.717) is 12.4 Å². The summed E-state index contributed by atoms with van der Waals surface area (Å²) in [7, 11) is -8.99. The van der Waals surface area contributed by atoms with E-state index in [2.05, 4.69) is 0 Å². The Kier molecular flexibility index (Phi) is 8.68. The summed E-state index contributed by atoms with van der Waals surface area (Å²) in [5.74, 6) is 0. The molecule has 0 fully saturated rings. The van der Waals surface area contributed by atoms with Gasteiger partial charge in [0.2, 0.25) is 0 Å². The maximum absolute atomic E-state index is 10.5. The molecule has 10 nitrogen and oxygen atoms in total. The normalized spacial score (nSPS) is 10.9. The van der Waals surface area contributed by atoms with Gasteiger partial charge in [-0.05, 0) is 12.1 Å². The first-order valence-electron chi connectivity index (χ1n) is 5.29. The van der Waals surface area contributed by atoms with Crippen LogP contribution in [0.2, 0.25) is 0 Å². The van der Waals surface area contributed by atoms with Gasteiger partial charge in [0.05, 0.1) is 0 Å². The molecule has 2 heterocycles. The first kappa shape index (κ1) is 22.3. The summed E-state index contributed by atoms with van der Waals surface area (Å²) in [6, 6.07) is 4.52. The third-order valence-electron chi connectivity index (χ3n) is 2.07. The Labute approximate surface area is 172 Å². The summed E-state index contributed by atoms with van der Waals surface area (Å²) in [6.45, 7) is 0. The fourth-order valence-electron chi connectivity index (χ4n) is 1.16. The van der Waals surface area contributed by atoms with Crippen molar-refractivity contribution in [2.75, 3.05) is 0 Å². The Morgan fingerprint density at radius 1 is 0.739 bits per heavy atom. The molecule has 0 aliphatic rings. The topological polar surface area (TPSA) is 168 Å². The van der Waals surface area contributed by atoms with Crippen LogP contribution < -0.4 is 9.46 Å². The first-order chi connectivity index (χ1) is 10.00. The maximum Gasteiger partial charge on any atom is 2.00 e. The maximum atomic E-state index is 10.5. The van der Waals surface area contributed by atoms with E-state index in [4.69, 9.17) is 0 Å². The fraction of sp³-hybridized carbons (Fsp3) is 0. The van der Waals surface area contributed by atoms with Crippen molar-refractivity contribution in [1.29, 1.82) is 0 Å². The van der Waals surface area contributed by atoms with Crippen LogP contribution in [0.1, 0.15) is 0 Å². The summed E-state index contributed by atoms with van der Waals surface area (Å²) >= 11 is 0. The SMILES string of the molecule is O=S(=O)([O-])c1ccc[n+]([O-])c1.O=S(=O)([O-])c1ccc[n+]([O-])c1.[Ba+2]. The van der Waals surface area contributed by atoms with Gasteiger partial charge in [0.1, 0.15) is 30.0 Å². The molecule has 0 radical (unpaired) electrons. The summed E-state index contributed by atoms with van der Waals surface area (Å²) < 4.78 is 62.2. The van der Waals surface area contributed by atoms with Crippen molar-refractivity contribution in [1.82, 2.24) is 0 Å². The molecule has 0 unspecified atom stereocenters. The van der Waals surface area contributed by atoms with Crippen molar-refractivity contribution in [3.8, 4) is 0 Å². The van der Waals surface area contributed by atoms with Gasteiger partial charge in [-0.15, -0.1) is 0 Å². The van der Waals surface area contributed by atoms with E-state index in [9.17, 15) is 36.4 Å². The molecule has 0 atom stereocenters. The average molecular weight is 486 g/mol. The largest absolute Gasteiger partial charge is 2.00 e. The van der Waals surface area contributed by atoms with E-state index in [1.54, 1.807) is 0 Å². The van der Waals surface area contributed by atoms with Crippen LogP contribution in [0.5, 0.6) is 0 Å². The van der Waals surface area contributed by atoms with Gasteiger partial charge in [-0.25, -0.2) is 16.8 Å². The van der Waals surface area contributed by atoms with Crippen molar-refractivity contribution < 1.29 is 35.4 Å². The number of hydrogen-bond donors (Lipinski definition) is 0. The van der Waals surface area contributed by atoms with E-state index in [1.165, 1.54) is 12.1 Å². The van der Waals surface area contributed by atoms with E-state index in [0.717, 1.165) is 24.5 Å². The minimum atomic E-state index is -4.50. The van der Waals surface area contributed by atoms with E-state index < -0.39 is 30.0 Å². The molecule has 120 valence electrons. The molecular weight excluding hydrogens is 478 g/mol. The molecule has 2 aromatic heterocycles. The van der Waals surface area contributed by atoms with Crippen molar-refractivity contribution in [3.05, 3.63) is 59.5 Å². The molecule has 0 amide bonds. The predicted molar refractivity (Wildman–Crippen MR) is 72.5 cm³/mol. The van der Waals surface area contributed by atoms with Gasteiger partial charge in [-0.3, -0.25) is 0 Å². The third kappa shape index (κ3) is 8.09. The van der Waals surface area contributed by atoms with Gasteiger partial charge in [0.15, 0.2) is 24.8 Å². The van der Waals surface area contributed by atoms with Crippen molar-refractivity contribution in [2.45, 2.75) is 9.79 Å². The van der Waals surface area contributed by atoms with Gasteiger partial charge in [0.25, 0.3) is 0 Å². The van der Waals surface area contributed by atoms with Gasteiger partial charge < -0.3 is 19.5 Å². The molecule has 0 saturated carbocycles. The summed E-state index contributed by atoms with van der Waals surface area (Å²) in [5.41, 5.74) is 0. The van der Waals surface area contributed by atoms with Crippen LogP contribution in [0.25, 0.3) is 0 Å². The Balaban J connectivity index is 0.000000403. The number of nitrogens with zero attached hydrogens (tertiary/aromatic N) is 2. The molecule has 13 heteroatoms. The van der Waals surface area contributed by atoms with Crippen LogP contribution in [0.3, 0.4) is 0 Å². The molecule has 0 aliphatic heterocycles. The zero-order valence-electron chi connectivity index (χ0n) is 11.3. The van der Waals surface area contributed by atoms with Crippen molar-refractivity contribution >= 4 is 69.1 Å². The van der Waals surface area contributed by atoms with E-state index >= 15 is 0 Å². The monoisotopic (exact) mass is 486 g/mol. The molecule has 23 heavy (non-hydrogen) atoms. The molecule has 2 rings (SSSR count). The number of aromatic nitrogens is 2. The van der Waals surface area contributed by atoms with Crippen LogP contribution in [0.15, 0.2) is 58.8 Å². The zero-order chi connectivity index (χ0) is 17.0. The molecule has 0 bridgehead atoms. The smallest absolute Gasteiger partial charge is 0.744 e. The van der Waals surface area contributed by atoms with Gasteiger partial charge in [-0.2, -0.15) is 9.46 Å². The Morgan fingerprint density at radius 3 is 1.22 bits per heavy atom. The minimum absolute atomic E-state index is 0. The number of rotatable bonds is 2. The Bertz CT molecular complexity index is 796. The Hall–Kier alpha value is -0.709. The molecule has 0 saturated heterocycles. The van der Waals surface area contributed by atoms with Crippen LogP contribution in [0.4, 0.5) is 0 Å². The van der Waals surface area contributed by atoms with Crippen LogP contribution in [-0.2, 0) is 20.2 Å². The van der Waals surface area contributed by atoms with Crippen LogP contribution >= 0.6 is 0 Å². The van der Waals surface area contributed by atoms with Crippen molar-refractivity contribution in [3.63, 3.8) is 0 Å². The third-order valence-corrected chi connectivity index (χ3v) is 3.71. The molecule has 2 aromatic rings. The molecular formula is C10H8BaN2O8S2. The van der Waals surface area contributed by atoms with Crippen molar-refractivity contribution in [2.24, 2.45) is 0 Å². The van der Waals surface area contributed by atoms with E-state index in [1.807, 2.05) is 0 Å². The van der Waals surface area contributed by atoms with Gasteiger partial charge in [-0.1, -0.05) is 0 Å². The quantitative estimate of drug-likeness (QED) is 0.205. The van der Waals surface area contributed by atoms with Gasteiger partial charge >= 0.3 is 48.9 Å². The second-order valence-electron chi connectivity index (χ2n) is 3.71. The number of pyridine rings is 2. The predicted octanol–water partition coefficient (Wildman–Crippen LogP) is -1.93. The molecule has 0 aliphatic carbocycles. The van der Waals surface area contributed by atoms with E-state index in [-0.39, 0.29) is 58.3 Å². The summed E-state index contributed by atoms with van der Waals surface area (Å²) in [5, 5.41) is 20.9. The van der Waals surface area contributed by atoms with Crippen LogP contribution in [-0.4, -0.2) is 74.8 Å². The molecule has 0 N–H and O–H groups in total. The zero-order valence-corrected chi connectivity index (χ0v) is 17.4. The second-order valence-corrected chi connectivity index (χ2v) is 6.47. The number of hydrogen-bond acceptors (Lipinski definition) is 8. The average Bonchev–Trinajstić information content (AvgIpc) is 2.37. The summed E-state index contributed by atoms with van der Waals surface area (Å²) in [4.78, 5) is -1.04. The standard InChI is InChI=1S/2C5H5NO4S.Ba/c2*7-6-3-1-2-5(4-6)11(8,9)10;/h2*1-4H,(H,8,9,10);/q;;+2/p-2.